The van der Waals surface area contributed by atoms with Crippen LogP contribution in [0.2, 0.25) is 0 Å². The van der Waals surface area contributed by atoms with Crippen LogP contribution in [-0.2, 0) is 11.2 Å². The summed E-state index contributed by atoms with van der Waals surface area (Å²) in [5, 5.41) is 3.47. The number of hydrogen-bond acceptors (Lipinski definition) is 2. The van der Waals surface area contributed by atoms with Crippen LogP contribution >= 0.6 is 0 Å². The zero-order valence-electron chi connectivity index (χ0n) is 11.6. The van der Waals surface area contributed by atoms with Gasteiger partial charge in [-0.1, -0.05) is 25.5 Å². The summed E-state index contributed by atoms with van der Waals surface area (Å²) in [5.41, 5.74) is 2.64. The quantitative estimate of drug-likeness (QED) is 0.820. The van der Waals surface area contributed by atoms with Gasteiger partial charge in [0.1, 0.15) is 0 Å². The van der Waals surface area contributed by atoms with Crippen molar-refractivity contribution in [1.29, 1.82) is 0 Å². The van der Waals surface area contributed by atoms with Crippen LogP contribution in [0.5, 0.6) is 0 Å². The van der Waals surface area contributed by atoms with Crippen molar-refractivity contribution in [2.45, 2.75) is 58.2 Å². The van der Waals surface area contributed by atoms with E-state index in [1.54, 1.807) is 0 Å². The van der Waals surface area contributed by atoms with Crippen LogP contribution in [0.3, 0.4) is 0 Å². The topological polar surface area (TPSA) is 21.3 Å². The zero-order valence-corrected chi connectivity index (χ0v) is 11.6. The second-order valence-corrected chi connectivity index (χ2v) is 5.33. The number of hydrogen-bond donors (Lipinski definition) is 1. The summed E-state index contributed by atoms with van der Waals surface area (Å²) in [4.78, 5) is 0. The van der Waals surface area contributed by atoms with E-state index in [0.717, 1.165) is 6.54 Å². The molecule has 1 aromatic carbocycles. The molecule has 1 aliphatic heterocycles. The Labute approximate surface area is 111 Å². The maximum Gasteiger partial charge on any atom is 0.0751 e. The Hall–Kier alpha value is -1.02. The van der Waals surface area contributed by atoms with Crippen LogP contribution < -0.4 is 5.32 Å². The van der Waals surface area contributed by atoms with Crippen molar-refractivity contribution in [2.24, 2.45) is 0 Å². The van der Waals surface area contributed by atoms with Gasteiger partial charge in [0.15, 0.2) is 0 Å². The molecule has 1 aromatic rings. The van der Waals surface area contributed by atoms with E-state index in [2.05, 4.69) is 43.4 Å². The maximum atomic E-state index is 5.80. The second kappa shape index (κ2) is 6.79. The van der Waals surface area contributed by atoms with E-state index in [-0.39, 0.29) is 0 Å². The smallest absolute Gasteiger partial charge is 0.0751 e. The molecule has 1 heterocycles. The molecule has 18 heavy (non-hydrogen) atoms. The van der Waals surface area contributed by atoms with Crippen LogP contribution in [0.25, 0.3) is 0 Å². The summed E-state index contributed by atoms with van der Waals surface area (Å²) >= 11 is 0. The standard InChI is InChI=1S/C16H25NO/c1-3-4-5-14-7-9-15(10-8-14)17-12-16-11-6-13(2)18-16/h7-10,13,16-17H,3-6,11-12H2,1-2H3. The molecule has 0 aliphatic carbocycles. The maximum absolute atomic E-state index is 5.80. The number of ether oxygens (including phenoxy) is 1. The first-order valence-corrected chi connectivity index (χ1v) is 7.26. The number of aryl methyl sites for hydroxylation is 1. The molecule has 1 N–H and O–H groups in total. The molecule has 0 spiro atoms. The number of nitrogens with one attached hydrogen (secondary N) is 1. The van der Waals surface area contributed by atoms with Crippen LogP contribution in [0.1, 0.15) is 45.1 Å². The highest BCUT2D eigenvalue weighted by atomic mass is 16.5. The molecule has 0 amide bonds. The molecule has 2 heteroatoms. The lowest BCUT2D eigenvalue weighted by Gasteiger charge is -2.13. The SMILES string of the molecule is CCCCc1ccc(NCC2CCC(C)O2)cc1. The van der Waals surface area contributed by atoms with Crippen molar-refractivity contribution < 1.29 is 4.74 Å². The van der Waals surface area contributed by atoms with E-state index >= 15 is 0 Å². The Bertz CT molecular complexity index is 347. The summed E-state index contributed by atoms with van der Waals surface area (Å²) < 4.78 is 5.80. The van der Waals surface area contributed by atoms with Gasteiger partial charge in [-0.2, -0.15) is 0 Å². The molecule has 0 bridgehead atoms. The van der Waals surface area contributed by atoms with Crippen molar-refractivity contribution in [3.05, 3.63) is 29.8 Å². The van der Waals surface area contributed by atoms with Gasteiger partial charge >= 0.3 is 0 Å². The highest BCUT2D eigenvalue weighted by Gasteiger charge is 2.21. The average Bonchev–Trinajstić information content (AvgIpc) is 2.81. The Balaban J connectivity index is 1.76. The minimum absolute atomic E-state index is 0.389. The van der Waals surface area contributed by atoms with E-state index in [0.29, 0.717) is 12.2 Å². The molecular weight excluding hydrogens is 222 g/mol. The summed E-state index contributed by atoms with van der Waals surface area (Å²) in [6.45, 7) is 5.32. The van der Waals surface area contributed by atoms with E-state index in [9.17, 15) is 0 Å². The molecule has 0 saturated carbocycles. The molecule has 0 aromatic heterocycles. The number of rotatable bonds is 6. The lowest BCUT2D eigenvalue weighted by molar-refractivity contribution is 0.0637. The van der Waals surface area contributed by atoms with Crippen LogP contribution in [0.4, 0.5) is 5.69 Å². The van der Waals surface area contributed by atoms with Gasteiger partial charge in [0.05, 0.1) is 12.2 Å². The fourth-order valence-corrected chi connectivity index (χ4v) is 2.44. The van der Waals surface area contributed by atoms with Gasteiger partial charge in [0.25, 0.3) is 0 Å². The average molecular weight is 247 g/mol. The predicted molar refractivity (Wildman–Crippen MR) is 77.1 cm³/mol. The Morgan fingerprint density at radius 2 is 2.00 bits per heavy atom. The van der Waals surface area contributed by atoms with Crippen molar-refractivity contribution in [3.8, 4) is 0 Å². The minimum atomic E-state index is 0.389. The number of unbranched alkanes of at least 4 members (excludes halogenated alkanes) is 1. The molecular formula is C16H25NO. The molecule has 2 rings (SSSR count). The molecule has 2 unspecified atom stereocenters. The normalized spacial score (nSPS) is 23.2. The third kappa shape index (κ3) is 4.02. The van der Waals surface area contributed by atoms with Crippen LogP contribution in [0, 0.1) is 0 Å². The summed E-state index contributed by atoms with van der Waals surface area (Å²) in [7, 11) is 0. The first kappa shape index (κ1) is 13.4. The van der Waals surface area contributed by atoms with E-state index in [1.165, 1.54) is 43.4 Å². The van der Waals surface area contributed by atoms with E-state index in [1.807, 2.05) is 0 Å². The van der Waals surface area contributed by atoms with Gasteiger partial charge in [0.2, 0.25) is 0 Å². The largest absolute Gasteiger partial charge is 0.382 e. The molecule has 1 fully saturated rings. The summed E-state index contributed by atoms with van der Waals surface area (Å²) in [5.74, 6) is 0. The van der Waals surface area contributed by atoms with Gasteiger partial charge in [-0.05, 0) is 50.3 Å². The third-order valence-corrected chi connectivity index (χ3v) is 3.63. The summed E-state index contributed by atoms with van der Waals surface area (Å²) in [6.07, 6.45) is 6.94. The van der Waals surface area contributed by atoms with Crippen molar-refractivity contribution >= 4 is 5.69 Å². The first-order valence-electron chi connectivity index (χ1n) is 7.26. The fourth-order valence-electron chi connectivity index (χ4n) is 2.44. The molecule has 2 atom stereocenters. The van der Waals surface area contributed by atoms with Crippen molar-refractivity contribution in [2.75, 3.05) is 11.9 Å². The molecule has 1 saturated heterocycles. The predicted octanol–water partition coefficient (Wildman–Crippen LogP) is 4.01. The number of anilines is 1. The Morgan fingerprint density at radius 1 is 1.22 bits per heavy atom. The van der Waals surface area contributed by atoms with Crippen molar-refractivity contribution in [1.82, 2.24) is 0 Å². The molecule has 0 radical (unpaired) electrons. The van der Waals surface area contributed by atoms with Crippen LogP contribution in [-0.4, -0.2) is 18.8 Å². The van der Waals surface area contributed by atoms with Crippen molar-refractivity contribution in [3.63, 3.8) is 0 Å². The third-order valence-electron chi connectivity index (χ3n) is 3.63. The minimum Gasteiger partial charge on any atom is -0.382 e. The molecule has 100 valence electrons. The Kier molecular flexibility index (Phi) is 5.06. The fraction of sp³-hybridized carbons (Fsp3) is 0.625. The van der Waals surface area contributed by atoms with E-state index < -0.39 is 0 Å². The molecule has 2 nitrogen and oxygen atoms in total. The van der Waals surface area contributed by atoms with Gasteiger partial charge in [-0.15, -0.1) is 0 Å². The highest BCUT2D eigenvalue weighted by Crippen LogP contribution is 2.20. The lowest BCUT2D eigenvalue weighted by atomic mass is 10.1. The van der Waals surface area contributed by atoms with Crippen LogP contribution in [0.15, 0.2) is 24.3 Å². The van der Waals surface area contributed by atoms with Gasteiger partial charge in [-0.3, -0.25) is 0 Å². The first-order chi connectivity index (χ1) is 8.78. The monoisotopic (exact) mass is 247 g/mol. The highest BCUT2D eigenvalue weighted by molar-refractivity contribution is 5.44. The van der Waals surface area contributed by atoms with Gasteiger partial charge < -0.3 is 10.1 Å². The van der Waals surface area contributed by atoms with Gasteiger partial charge in [-0.25, -0.2) is 0 Å². The van der Waals surface area contributed by atoms with E-state index in [4.69, 9.17) is 4.74 Å². The van der Waals surface area contributed by atoms with Gasteiger partial charge in [0, 0.05) is 12.2 Å². The lowest BCUT2D eigenvalue weighted by Crippen LogP contribution is -2.19. The summed E-state index contributed by atoms with van der Waals surface area (Å²) in [6, 6.07) is 8.83. The zero-order chi connectivity index (χ0) is 12.8. The Morgan fingerprint density at radius 3 is 2.61 bits per heavy atom. The second-order valence-electron chi connectivity index (χ2n) is 5.33. The number of benzene rings is 1. The molecule has 1 aliphatic rings.